The highest BCUT2D eigenvalue weighted by Crippen LogP contribution is 2.46. The summed E-state index contributed by atoms with van der Waals surface area (Å²) in [6, 6.07) is 14.2. The molecule has 1 aliphatic carbocycles. The van der Waals surface area contributed by atoms with E-state index < -0.39 is 0 Å². The number of methoxy groups -OCH3 is 1. The van der Waals surface area contributed by atoms with E-state index in [1.807, 2.05) is 24.3 Å². The van der Waals surface area contributed by atoms with Crippen molar-refractivity contribution >= 4 is 17.6 Å². The van der Waals surface area contributed by atoms with E-state index in [-0.39, 0.29) is 23.4 Å². The van der Waals surface area contributed by atoms with Crippen LogP contribution >= 0.6 is 11.6 Å². The van der Waals surface area contributed by atoms with Crippen LogP contribution in [0.5, 0.6) is 17.2 Å². The van der Waals surface area contributed by atoms with Crippen LogP contribution in [-0.2, 0) is 20.7 Å². The number of aryl methyl sites for hydroxylation is 2. The van der Waals surface area contributed by atoms with Gasteiger partial charge in [0.15, 0.2) is 0 Å². The van der Waals surface area contributed by atoms with Crippen LogP contribution in [0.3, 0.4) is 0 Å². The Kier molecular flexibility index (Phi) is 7.18. The molecule has 0 N–H and O–H groups in total. The number of halogens is 1. The fraction of sp³-hybridized carbons (Fsp3) is 0.424. The molecule has 0 bridgehead atoms. The molecule has 2 aliphatic heterocycles. The average molecular weight is 563 g/mol. The number of benzene rings is 3. The van der Waals surface area contributed by atoms with Gasteiger partial charge in [-0.25, -0.2) is 0 Å². The highest BCUT2D eigenvalue weighted by atomic mass is 35.5. The SMILES string of the molecule is COC(=O)C[C@@H]1COc2cc(O[C@@H]3CCc4c3ccc(Cl)c4-c3c(C)cc(OCC4(C)COC4)cc3C)ccc21. The molecule has 3 aromatic rings. The number of carbonyl (C=O) groups excluding carboxylic acids is 1. The van der Waals surface area contributed by atoms with Crippen LogP contribution in [-0.4, -0.2) is 39.5 Å². The van der Waals surface area contributed by atoms with Gasteiger partial charge in [0.25, 0.3) is 0 Å². The molecule has 6 nitrogen and oxygen atoms in total. The number of hydrogen-bond acceptors (Lipinski definition) is 6. The summed E-state index contributed by atoms with van der Waals surface area (Å²) in [6.45, 7) is 9.04. The molecule has 3 aromatic carbocycles. The second kappa shape index (κ2) is 10.6. The van der Waals surface area contributed by atoms with Crippen LogP contribution < -0.4 is 14.2 Å². The van der Waals surface area contributed by atoms with E-state index in [2.05, 4.69) is 39.0 Å². The second-order valence-electron chi connectivity index (χ2n) is 11.6. The normalized spacial score (nSPS) is 20.2. The van der Waals surface area contributed by atoms with Gasteiger partial charge in [0.2, 0.25) is 0 Å². The lowest BCUT2D eigenvalue weighted by atomic mass is 9.89. The summed E-state index contributed by atoms with van der Waals surface area (Å²) in [4.78, 5) is 11.8. The molecule has 2 atom stereocenters. The molecule has 1 saturated heterocycles. The van der Waals surface area contributed by atoms with Crippen LogP contribution in [0.1, 0.15) is 59.6 Å². The second-order valence-corrected chi connectivity index (χ2v) is 12.1. The molecule has 0 radical (unpaired) electrons. The molecule has 210 valence electrons. The Morgan fingerprint density at radius 2 is 1.77 bits per heavy atom. The van der Waals surface area contributed by atoms with Crippen molar-refractivity contribution in [1.82, 2.24) is 0 Å². The fourth-order valence-electron chi connectivity index (χ4n) is 6.17. The quantitative estimate of drug-likeness (QED) is 0.272. The first-order valence-corrected chi connectivity index (χ1v) is 14.3. The fourth-order valence-corrected chi connectivity index (χ4v) is 6.44. The van der Waals surface area contributed by atoms with Gasteiger partial charge < -0.3 is 23.7 Å². The molecular formula is C33H35ClO6. The van der Waals surface area contributed by atoms with E-state index in [0.29, 0.717) is 19.6 Å². The summed E-state index contributed by atoms with van der Waals surface area (Å²) in [6.07, 6.45) is 1.98. The standard InChI is InChI=1S/C33H35ClO6/c1-19-11-23(39-18-33(3)16-37-17-33)12-20(2)31(19)32-26-8-10-28(25(26)7-9-27(32)34)40-22-5-6-24-21(13-30(35)36-4)15-38-29(24)14-22/h5-7,9,11-12,14,21,28H,8,10,13,15-18H2,1-4H3/t21-,28-/m1/s1. The van der Waals surface area contributed by atoms with Crippen molar-refractivity contribution < 1.29 is 28.5 Å². The molecule has 3 aliphatic rings. The zero-order valence-corrected chi connectivity index (χ0v) is 24.2. The zero-order chi connectivity index (χ0) is 28.0. The molecule has 0 aromatic heterocycles. The van der Waals surface area contributed by atoms with Gasteiger partial charge >= 0.3 is 5.97 Å². The monoisotopic (exact) mass is 562 g/mol. The number of ether oxygens (including phenoxy) is 5. The number of esters is 1. The molecule has 0 spiro atoms. The summed E-state index contributed by atoms with van der Waals surface area (Å²) in [5.41, 5.74) is 8.06. The molecule has 1 fully saturated rings. The van der Waals surface area contributed by atoms with Gasteiger partial charge in [0, 0.05) is 33.5 Å². The third-order valence-corrected chi connectivity index (χ3v) is 8.65. The Hall–Kier alpha value is -3.22. The molecule has 0 unspecified atom stereocenters. The van der Waals surface area contributed by atoms with Crippen LogP contribution in [0.25, 0.3) is 11.1 Å². The Balaban J connectivity index is 1.23. The molecule has 0 saturated carbocycles. The first-order chi connectivity index (χ1) is 19.2. The first-order valence-electron chi connectivity index (χ1n) is 13.9. The number of rotatable bonds is 8. The van der Waals surface area contributed by atoms with E-state index in [9.17, 15) is 4.79 Å². The highest BCUT2D eigenvalue weighted by molar-refractivity contribution is 6.33. The van der Waals surface area contributed by atoms with Crippen molar-refractivity contribution in [3.8, 4) is 28.4 Å². The van der Waals surface area contributed by atoms with Gasteiger partial charge in [-0.1, -0.05) is 30.7 Å². The molecule has 7 heteroatoms. The zero-order valence-electron chi connectivity index (χ0n) is 23.5. The number of hydrogen-bond donors (Lipinski definition) is 0. The lowest BCUT2D eigenvalue weighted by Gasteiger charge is -2.37. The highest BCUT2D eigenvalue weighted by Gasteiger charge is 2.35. The lowest BCUT2D eigenvalue weighted by Crippen LogP contribution is -2.44. The molecule has 6 rings (SSSR count). The van der Waals surface area contributed by atoms with Crippen LogP contribution in [0, 0.1) is 19.3 Å². The van der Waals surface area contributed by atoms with Crippen molar-refractivity contribution in [2.24, 2.45) is 5.41 Å². The smallest absolute Gasteiger partial charge is 0.306 e. The van der Waals surface area contributed by atoms with Crippen molar-refractivity contribution in [1.29, 1.82) is 0 Å². The summed E-state index contributed by atoms with van der Waals surface area (Å²) >= 11 is 6.87. The number of fused-ring (bicyclic) bond motifs is 2. The Labute approximate surface area is 240 Å². The predicted octanol–water partition coefficient (Wildman–Crippen LogP) is 7.14. The van der Waals surface area contributed by atoms with Crippen LogP contribution in [0.2, 0.25) is 5.02 Å². The van der Waals surface area contributed by atoms with E-state index in [1.165, 1.54) is 18.2 Å². The van der Waals surface area contributed by atoms with Crippen molar-refractivity contribution in [3.63, 3.8) is 0 Å². The van der Waals surface area contributed by atoms with E-state index >= 15 is 0 Å². The summed E-state index contributed by atoms with van der Waals surface area (Å²) in [5.74, 6) is 2.18. The third kappa shape index (κ3) is 5.04. The third-order valence-electron chi connectivity index (χ3n) is 8.33. The van der Waals surface area contributed by atoms with Crippen LogP contribution in [0.15, 0.2) is 42.5 Å². The maximum Gasteiger partial charge on any atom is 0.306 e. The minimum absolute atomic E-state index is 0.00647. The van der Waals surface area contributed by atoms with Gasteiger partial charge in [0.05, 0.1) is 40.0 Å². The van der Waals surface area contributed by atoms with Gasteiger partial charge in [0.1, 0.15) is 23.4 Å². The maximum absolute atomic E-state index is 11.8. The Bertz CT molecular complexity index is 1440. The number of carbonyl (C=O) groups is 1. The minimum atomic E-state index is -0.232. The predicted molar refractivity (Wildman–Crippen MR) is 154 cm³/mol. The van der Waals surface area contributed by atoms with Crippen molar-refractivity contribution in [3.05, 3.63) is 75.3 Å². The van der Waals surface area contributed by atoms with E-state index in [1.54, 1.807) is 0 Å². The van der Waals surface area contributed by atoms with Gasteiger partial charge in [-0.2, -0.15) is 0 Å². The molecular weight excluding hydrogens is 528 g/mol. The van der Waals surface area contributed by atoms with Crippen molar-refractivity contribution in [2.45, 2.75) is 52.1 Å². The largest absolute Gasteiger partial charge is 0.493 e. The minimum Gasteiger partial charge on any atom is -0.493 e. The van der Waals surface area contributed by atoms with Gasteiger partial charge in [-0.3, -0.25) is 4.79 Å². The first kappa shape index (κ1) is 27.0. The summed E-state index contributed by atoms with van der Waals surface area (Å²) in [7, 11) is 1.41. The average Bonchev–Trinajstić information content (AvgIpc) is 3.50. The van der Waals surface area contributed by atoms with E-state index in [0.717, 1.165) is 76.1 Å². The molecule has 0 amide bonds. The summed E-state index contributed by atoms with van der Waals surface area (Å²) in [5, 5.41) is 0.751. The van der Waals surface area contributed by atoms with E-state index in [4.69, 9.17) is 35.3 Å². The Morgan fingerprint density at radius 3 is 2.48 bits per heavy atom. The summed E-state index contributed by atoms with van der Waals surface area (Å²) < 4.78 is 28.8. The topological polar surface area (TPSA) is 63.2 Å². The Morgan fingerprint density at radius 1 is 1.02 bits per heavy atom. The van der Waals surface area contributed by atoms with Gasteiger partial charge in [-0.15, -0.1) is 0 Å². The van der Waals surface area contributed by atoms with Gasteiger partial charge in [-0.05, 0) is 78.8 Å². The van der Waals surface area contributed by atoms with Crippen molar-refractivity contribution in [2.75, 3.05) is 33.5 Å². The lowest BCUT2D eigenvalue weighted by molar-refractivity contribution is -0.141. The molecule has 40 heavy (non-hydrogen) atoms. The molecule has 2 heterocycles. The van der Waals surface area contributed by atoms with Crippen LogP contribution in [0.4, 0.5) is 0 Å². The maximum atomic E-state index is 11.8.